The highest BCUT2D eigenvalue weighted by molar-refractivity contribution is 7.15. The Labute approximate surface area is 93.0 Å². The number of rotatable bonds is 1. The summed E-state index contributed by atoms with van der Waals surface area (Å²) in [4.78, 5) is 3.74. The molecular formula is C10H6F3NOS. The minimum Gasteiger partial charge on any atom is -0.508 e. The van der Waals surface area contributed by atoms with Gasteiger partial charge in [0.05, 0.1) is 4.88 Å². The van der Waals surface area contributed by atoms with Gasteiger partial charge in [0.15, 0.2) is 5.01 Å². The van der Waals surface area contributed by atoms with E-state index in [0.29, 0.717) is 21.8 Å². The van der Waals surface area contributed by atoms with Gasteiger partial charge in [0.2, 0.25) is 0 Å². The van der Waals surface area contributed by atoms with Crippen molar-refractivity contribution in [3.05, 3.63) is 35.5 Å². The molecule has 84 valence electrons. The zero-order chi connectivity index (χ0) is 11.8. The Kier molecular flexibility index (Phi) is 2.59. The lowest BCUT2D eigenvalue weighted by Gasteiger charge is -1.99. The molecule has 1 aromatic carbocycles. The number of benzene rings is 1. The maximum atomic E-state index is 12.3. The number of thiazole rings is 1. The molecule has 0 amide bonds. The Bertz CT molecular complexity index is 490. The average molecular weight is 245 g/mol. The van der Waals surface area contributed by atoms with Crippen LogP contribution in [0.1, 0.15) is 5.01 Å². The summed E-state index contributed by atoms with van der Waals surface area (Å²) in [5.74, 6) is 0.0734. The first-order valence-electron chi connectivity index (χ1n) is 4.29. The number of nitrogens with zero attached hydrogens (tertiary/aromatic N) is 1. The maximum Gasteiger partial charge on any atom is 0.443 e. The van der Waals surface area contributed by atoms with Gasteiger partial charge in [-0.3, -0.25) is 0 Å². The van der Waals surface area contributed by atoms with Gasteiger partial charge in [-0.05, 0) is 29.8 Å². The molecule has 0 saturated heterocycles. The largest absolute Gasteiger partial charge is 0.508 e. The molecule has 6 heteroatoms. The highest BCUT2D eigenvalue weighted by atomic mass is 32.1. The summed E-state index contributed by atoms with van der Waals surface area (Å²) in [6, 6.07) is 5.93. The summed E-state index contributed by atoms with van der Waals surface area (Å²) >= 11 is 0.581. The molecule has 0 aliphatic rings. The van der Waals surface area contributed by atoms with Gasteiger partial charge < -0.3 is 5.11 Å². The van der Waals surface area contributed by atoms with Crippen molar-refractivity contribution in [1.82, 2.24) is 4.98 Å². The Balaban J connectivity index is 2.35. The van der Waals surface area contributed by atoms with E-state index < -0.39 is 11.2 Å². The van der Waals surface area contributed by atoms with Crippen molar-refractivity contribution in [2.75, 3.05) is 0 Å². The number of alkyl halides is 3. The summed E-state index contributed by atoms with van der Waals surface area (Å²) in [6.45, 7) is 0. The van der Waals surface area contributed by atoms with Gasteiger partial charge in [-0.25, -0.2) is 4.98 Å². The Morgan fingerprint density at radius 1 is 1.12 bits per heavy atom. The lowest BCUT2D eigenvalue weighted by atomic mass is 10.2. The first-order chi connectivity index (χ1) is 7.47. The number of phenolic OH excluding ortho intramolecular Hbond substituents is 1. The van der Waals surface area contributed by atoms with Crippen molar-refractivity contribution in [1.29, 1.82) is 0 Å². The van der Waals surface area contributed by atoms with Crippen LogP contribution in [0.5, 0.6) is 5.75 Å². The number of hydrogen-bond acceptors (Lipinski definition) is 3. The van der Waals surface area contributed by atoms with Gasteiger partial charge in [-0.15, -0.1) is 11.3 Å². The summed E-state index contributed by atoms with van der Waals surface area (Å²) in [5.41, 5.74) is 0.603. The zero-order valence-electron chi connectivity index (χ0n) is 7.82. The molecule has 2 aromatic rings. The van der Waals surface area contributed by atoms with Crippen LogP contribution in [0.3, 0.4) is 0 Å². The van der Waals surface area contributed by atoms with Crippen LogP contribution in [0, 0.1) is 0 Å². The summed E-state index contributed by atoms with van der Waals surface area (Å²) in [6.07, 6.45) is -3.22. The summed E-state index contributed by atoms with van der Waals surface area (Å²) < 4.78 is 36.9. The zero-order valence-corrected chi connectivity index (χ0v) is 8.64. The van der Waals surface area contributed by atoms with Gasteiger partial charge in [0.25, 0.3) is 0 Å². The monoisotopic (exact) mass is 245 g/mol. The number of phenols is 1. The lowest BCUT2D eigenvalue weighted by Crippen LogP contribution is -2.02. The Morgan fingerprint density at radius 2 is 1.75 bits per heavy atom. The number of hydrogen-bond donors (Lipinski definition) is 1. The quantitative estimate of drug-likeness (QED) is 0.833. The van der Waals surface area contributed by atoms with Crippen LogP contribution in [0.15, 0.2) is 30.5 Å². The molecule has 0 radical (unpaired) electrons. The Morgan fingerprint density at radius 3 is 2.25 bits per heavy atom. The first-order valence-corrected chi connectivity index (χ1v) is 5.11. The predicted octanol–water partition coefficient (Wildman–Crippen LogP) is 3.53. The molecule has 0 unspecified atom stereocenters. The van der Waals surface area contributed by atoms with Crippen molar-refractivity contribution >= 4 is 11.3 Å². The number of aromatic hydroxyl groups is 1. The number of halogens is 3. The van der Waals surface area contributed by atoms with Crippen molar-refractivity contribution in [3.8, 4) is 16.2 Å². The fraction of sp³-hybridized carbons (Fsp3) is 0.100. The predicted molar refractivity (Wildman–Crippen MR) is 54.2 cm³/mol. The van der Waals surface area contributed by atoms with Crippen LogP contribution in [0.4, 0.5) is 13.2 Å². The normalized spacial score (nSPS) is 11.7. The molecule has 1 aromatic heterocycles. The third-order valence-electron chi connectivity index (χ3n) is 1.90. The van der Waals surface area contributed by atoms with Gasteiger partial charge in [-0.2, -0.15) is 13.2 Å². The minimum absolute atomic E-state index is 0.0734. The molecule has 1 heterocycles. The molecular weight excluding hydrogens is 239 g/mol. The van der Waals surface area contributed by atoms with Crippen LogP contribution in [0.2, 0.25) is 0 Å². The molecule has 0 fully saturated rings. The summed E-state index contributed by atoms with van der Waals surface area (Å²) in [7, 11) is 0. The van der Waals surface area contributed by atoms with Crippen LogP contribution in [-0.2, 0) is 6.18 Å². The van der Waals surface area contributed by atoms with Crippen LogP contribution < -0.4 is 0 Å². The smallest absolute Gasteiger partial charge is 0.443 e. The fourth-order valence-corrected chi connectivity index (χ4v) is 1.95. The fourth-order valence-electron chi connectivity index (χ4n) is 1.16. The van der Waals surface area contributed by atoms with Gasteiger partial charge in [-0.1, -0.05) is 0 Å². The van der Waals surface area contributed by atoms with Crippen molar-refractivity contribution in [3.63, 3.8) is 0 Å². The third kappa shape index (κ3) is 2.16. The van der Waals surface area contributed by atoms with Gasteiger partial charge >= 0.3 is 6.18 Å². The van der Waals surface area contributed by atoms with E-state index in [1.165, 1.54) is 18.3 Å². The molecule has 16 heavy (non-hydrogen) atoms. The molecule has 2 nitrogen and oxygen atoms in total. The molecule has 0 aliphatic heterocycles. The van der Waals surface area contributed by atoms with E-state index in [2.05, 4.69) is 4.98 Å². The van der Waals surface area contributed by atoms with Gasteiger partial charge in [0.1, 0.15) is 5.75 Å². The van der Waals surface area contributed by atoms with E-state index >= 15 is 0 Å². The molecule has 0 aliphatic carbocycles. The molecule has 1 N–H and O–H groups in total. The maximum absolute atomic E-state index is 12.3. The van der Waals surface area contributed by atoms with Crippen LogP contribution >= 0.6 is 11.3 Å². The SMILES string of the molecule is Oc1ccc(-c2cnc(C(F)(F)F)s2)cc1. The highest BCUT2D eigenvalue weighted by Gasteiger charge is 2.34. The highest BCUT2D eigenvalue weighted by Crippen LogP contribution is 2.36. The topological polar surface area (TPSA) is 33.1 Å². The van der Waals surface area contributed by atoms with E-state index in [-0.39, 0.29) is 5.75 Å². The summed E-state index contributed by atoms with van der Waals surface area (Å²) in [5, 5.41) is 8.18. The molecule has 0 saturated carbocycles. The van der Waals surface area contributed by atoms with E-state index in [1.807, 2.05) is 0 Å². The number of aromatic nitrogens is 1. The average Bonchev–Trinajstić information content (AvgIpc) is 2.67. The second kappa shape index (κ2) is 3.79. The van der Waals surface area contributed by atoms with Crippen molar-refractivity contribution in [2.24, 2.45) is 0 Å². The Hall–Kier alpha value is -1.56. The molecule has 0 atom stereocenters. The van der Waals surface area contributed by atoms with E-state index in [9.17, 15) is 13.2 Å². The molecule has 0 bridgehead atoms. The van der Waals surface area contributed by atoms with Crippen LogP contribution in [0.25, 0.3) is 10.4 Å². The minimum atomic E-state index is -4.40. The third-order valence-corrected chi connectivity index (χ3v) is 2.99. The lowest BCUT2D eigenvalue weighted by molar-refractivity contribution is -0.137. The second-order valence-electron chi connectivity index (χ2n) is 3.07. The first kappa shape index (κ1) is 10.9. The standard InChI is InChI=1S/C10H6F3NOS/c11-10(12,13)9-14-5-8(16-9)6-1-3-7(15)4-2-6/h1-5,15H. The van der Waals surface area contributed by atoms with E-state index in [0.717, 1.165) is 0 Å². The van der Waals surface area contributed by atoms with Crippen molar-refractivity contribution in [2.45, 2.75) is 6.18 Å². The second-order valence-corrected chi connectivity index (χ2v) is 4.10. The van der Waals surface area contributed by atoms with Crippen molar-refractivity contribution < 1.29 is 18.3 Å². The van der Waals surface area contributed by atoms with Gasteiger partial charge in [0, 0.05) is 6.20 Å². The molecule has 0 spiro atoms. The van der Waals surface area contributed by atoms with E-state index in [4.69, 9.17) is 5.11 Å². The van der Waals surface area contributed by atoms with E-state index in [1.54, 1.807) is 12.1 Å². The molecule has 2 rings (SSSR count). The van der Waals surface area contributed by atoms with Crippen LogP contribution in [-0.4, -0.2) is 10.1 Å².